The molecule has 3 aromatic carbocycles. The number of hydrogen-bond donors (Lipinski definition) is 3. The third-order valence-electron chi connectivity index (χ3n) is 6.50. The standard InChI is InChI=1S/C27H29N5O/c1-18-3-9-22(10-4-18)28-23-11-12-24-25(17-23)30-31-26(24)29-27(33)21-7-5-19(6-8-21)20-13-15-32(2)16-14-20/h3-12,17,20,28H,13-16H2,1-2H3,(H2,29,30,31,33). The number of benzene rings is 3. The summed E-state index contributed by atoms with van der Waals surface area (Å²) < 4.78 is 0. The van der Waals surface area contributed by atoms with E-state index in [0.29, 0.717) is 17.3 Å². The van der Waals surface area contributed by atoms with Gasteiger partial charge in [-0.15, -0.1) is 0 Å². The lowest BCUT2D eigenvalue weighted by Gasteiger charge is -2.29. The maximum absolute atomic E-state index is 12.8. The van der Waals surface area contributed by atoms with Crippen molar-refractivity contribution in [1.82, 2.24) is 15.1 Å². The summed E-state index contributed by atoms with van der Waals surface area (Å²) in [5.74, 6) is 0.966. The molecule has 5 rings (SSSR count). The average molecular weight is 440 g/mol. The molecule has 1 fully saturated rings. The molecule has 0 unspecified atom stereocenters. The maximum Gasteiger partial charge on any atom is 0.256 e. The highest BCUT2D eigenvalue weighted by Gasteiger charge is 2.19. The van der Waals surface area contributed by atoms with E-state index in [4.69, 9.17) is 0 Å². The Morgan fingerprint density at radius 1 is 0.970 bits per heavy atom. The summed E-state index contributed by atoms with van der Waals surface area (Å²) in [6.45, 7) is 4.32. The van der Waals surface area contributed by atoms with Crippen LogP contribution in [0.15, 0.2) is 66.7 Å². The number of fused-ring (bicyclic) bond motifs is 1. The first-order valence-electron chi connectivity index (χ1n) is 11.5. The average Bonchev–Trinajstić information content (AvgIpc) is 3.23. The quantitative estimate of drug-likeness (QED) is 0.374. The molecule has 0 spiro atoms. The van der Waals surface area contributed by atoms with Crippen molar-refractivity contribution in [3.05, 3.63) is 83.4 Å². The van der Waals surface area contributed by atoms with Crippen LogP contribution in [0, 0.1) is 6.92 Å². The van der Waals surface area contributed by atoms with Gasteiger partial charge in [-0.2, -0.15) is 5.10 Å². The summed E-state index contributed by atoms with van der Waals surface area (Å²) in [6, 6.07) is 22.2. The van der Waals surface area contributed by atoms with Gasteiger partial charge in [0.25, 0.3) is 5.91 Å². The van der Waals surface area contributed by atoms with Gasteiger partial charge in [-0.1, -0.05) is 29.8 Å². The molecule has 1 aliphatic rings. The third-order valence-corrected chi connectivity index (χ3v) is 6.50. The largest absolute Gasteiger partial charge is 0.355 e. The summed E-state index contributed by atoms with van der Waals surface area (Å²) in [7, 11) is 2.17. The van der Waals surface area contributed by atoms with Gasteiger partial charge >= 0.3 is 0 Å². The molecule has 1 aromatic heterocycles. The van der Waals surface area contributed by atoms with Crippen molar-refractivity contribution in [3.8, 4) is 0 Å². The van der Waals surface area contributed by atoms with E-state index >= 15 is 0 Å². The number of nitrogens with one attached hydrogen (secondary N) is 3. The van der Waals surface area contributed by atoms with E-state index in [9.17, 15) is 4.79 Å². The van der Waals surface area contributed by atoms with Gasteiger partial charge in [0.2, 0.25) is 0 Å². The highest BCUT2D eigenvalue weighted by Crippen LogP contribution is 2.29. The van der Waals surface area contributed by atoms with E-state index in [0.717, 1.165) is 35.4 Å². The van der Waals surface area contributed by atoms with Crippen molar-refractivity contribution >= 4 is 34.0 Å². The van der Waals surface area contributed by atoms with Crippen LogP contribution in [0.5, 0.6) is 0 Å². The second-order valence-corrected chi connectivity index (χ2v) is 8.98. The van der Waals surface area contributed by atoms with Gasteiger partial charge < -0.3 is 15.5 Å². The minimum atomic E-state index is -0.153. The Balaban J connectivity index is 1.26. The molecule has 0 aliphatic carbocycles. The number of carbonyl (C=O) groups is 1. The van der Waals surface area contributed by atoms with Crippen molar-refractivity contribution in [3.63, 3.8) is 0 Å². The van der Waals surface area contributed by atoms with E-state index in [2.05, 4.69) is 76.1 Å². The van der Waals surface area contributed by atoms with Crippen LogP contribution < -0.4 is 10.6 Å². The second kappa shape index (κ2) is 9.08. The minimum Gasteiger partial charge on any atom is -0.355 e. The first-order chi connectivity index (χ1) is 16.0. The van der Waals surface area contributed by atoms with Crippen molar-refractivity contribution in [1.29, 1.82) is 0 Å². The molecule has 6 nitrogen and oxygen atoms in total. The molecule has 0 saturated carbocycles. The molecule has 33 heavy (non-hydrogen) atoms. The molecule has 4 aromatic rings. The predicted octanol–water partition coefficient (Wildman–Crippen LogP) is 5.68. The number of hydrogen-bond acceptors (Lipinski definition) is 4. The highest BCUT2D eigenvalue weighted by atomic mass is 16.1. The number of piperidine rings is 1. The first kappa shape index (κ1) is 21.2. The predicted molar refractivity (Wildman–Crippen MR) is 134 cm³/mol. The van der Waals surface area contributed by atoms with Gasteiger partial charge in [0.15, 0.2) is 5.82 Å². The molecule has 1 amide bonds. The van der Waals surface area contributed by atoms with Gasteiger partial charge in [0.1, 0.15) is 0 Å². The number of aromatic nitrogens is 2. The van der Waals surface area contributed by atoms with Crippen LogP contribution >= 0.6 is 0 Å². The number of likely N-dealkylation sites (tertiary alicyclic amines) is 1. The number of amides is 1. The van der Waals surface area contributed by atoms with Crippen molar-refractivity contribution < 1.29 is 4.79 Å². The fourth-order valence-electron chi connectivity index (χ4n) is 4.42. The summed E-state index contributed by atoms with van der Waals surface area (Å²) in [5.41, 5.74) is 6.02. The molecule has 0 radical (unpaired) electrons. The smallest absolute Gasteiger partial charge is 0.256 e. The highest BCUT2D eigenvalue weighted by molar-refractivity contribution is 6.08. The molecule has 3 N–H and O–H groups in total. The summed E-state index contributed by atoms with van der Waals surface area (Å²) in [5, 5.41) is 14.6. The van der Waals surface area contributed by atoms with Crippen LogP contribution in [-0.2, 0) is 0 Å². The Labute approximate surface area is 194 Å². The Hall–Kier alpha value is -3.64. The van der Waals surface area contributed by atoms with E-state index < -0.39 is 0 Å². The fourth-order valence-corrected chi connectivity index (χ4v) is 4.42. The molecule has 168 valence electrons. The van der Waals surface area contributed by atoms with Crippen LogP contribution in [-0.4, -0.2) is 41.1 Å². The Kier molecular flexibility index (Phi) is 5.84. The SMILES string of the molecule is Cc1ccc(Nc2ccc3c(NC(=O)c4ccc(C5CCN(C)CC5)cc4)n[nH]c3c2)cc1. The Morgan fingerprint density at radius 2 is 1.67 bits per heavy atom. The van der Waals surface area contributed by atoms with Crippen LogP contribution in [0.4, 0.5) is 17.2 Å². The van der Waals surface area contributed by atoms with Gasteiger partial charge in [-0.25, -0.2) is 0 Å². The first-order valence-corrected chi connectivity index (χ1v) is 11.5. The van der Waals surface area contributed by atoms with Gasteiger partial charge in [0, 0.05) is 22.3 Å². The van der Waals surface area contributed by atoms with Crippen LogP contribution in [0.25, 0.3) is 10.9 Å². The van der Waals surface area contributed by atoms with Crippen molar-refractivity contribution in [2.45, 2.75) is 25.7 Å². The summed E-state index contributed by atoms with van der Waals surface area (Å²) in [6.07, 6.45) is 2.34. The van der Waals surface area contributed by atoms with Crippen LogP contribution in [0.3, 0.4) is 0 Å². The zero-order valence-corrected chi connectivity index (χ0v) is 19.1. The maximum atomic E-state index is 12.8. The monoisotopic (exact) mass is 439 g/mol. The van der Waals surface area contributed by atoms with E-state index in [-0.39, 0.29) is 5.91 Å². The topological polar surface area (TPSA) is 73.0 Å². The molecule has 1 saturated heterocycles. The lowest BCUT2D eigenvalue weighted by Crippen LogP contribution is -2.29. The van der Waals surface area contributed by atoms with Crippen molar-refractivity contribution in [2.24, 2.45) is 0 Å². The lowest BCUT2D eigenvalue weighted by molar-refractivity contribution is 0.102. The lowest BCUT2D eigenvalue weighted by atomic mass is 9.89. The number of H-pyrrole nitrogens is 1. The van der Waals surface area contributed by atoms with Crippen LogP contribution in [0.1, 0.15) is 40.2 Å². The summed E-state index contributed by atoms with van der Waals surface area (Å²) in [4.78, 5) is 15.2. The van der Waals surface area contributed by atoms with E-state index in [1.165, 1.54) is 24.0 Å². The second-order valence-electron chi connectivity index (χ2n) is 8.98. The van der Waals surface area contributed by atoms with Gasteiger partial charge in [-0.3, -0.25) is 9.89 Å². The van der Waals surface area contributed by atoms with Gasteiger partial charge in [-0.05, 0) is 93.8 Å². The molecule has 2 heterocycles. The number of nitrogens with zero attached hydrogens (tertiary/aromatic N) is 2. The molecular weight excluding hydrogens is 410 g/mol. The minimum absolute atomic E-state index is 0.153. The zero-order valence-electron chi connectivity index (χ0n) is 19.1. The van der Waals surface area contributed by atoms with Crippen molar-refractivity contribution in [2.75, 3.05) is 30.8 Å². The number of aromatic amines is 1. The molecule has 6 heteroatoms. The number of anilines is 3. The number of carbonyl (C=O) groups excluding carboxylic acids is 1. The van der Waals surface area contributed by atoms with E-state index in [1.807, 2.05) is 30.3 Å². The Morgan fingerprint density at radius 3 is 2.39 bits per heavy atom. The Bertz CT molecular complexity index is 1250. The summed E-state index contributed by atoms with van der Waals surface area (Å²) >= 11 is 0. The van der Waals surface area contributed by atoms with Crippen LogP contribution in [0.2, 0.25) is 0 Å². The fraction of sp³-hybridized carbons (Fsp3) is 0.259. The van der Waals surface area contributed by atoms with Gasteiger partial charge in [0.05, 0.1) is 5.52 Å². The molecular formula is C27H29N5O. The number of aryl methyl sites for hydroxylation is 1. The molecule has 0 atom stereocenters. The van der Waals surface area contributed by atoms with E-state index in [1.54, 1.807) is 0 Å². The molecule has 0 bridgehead atoms. The zero-order chi connectivity index (χ0) is 22.8. The normalized spacial score (nSPS) is 15.0. The number of rotatable bonds is 5. The third kappa shape index (κ3) is 4.76. The molecule has 1 aliphatic heterocycles.